The third-order valence-corrected chi connectivity index (χ3v) is 3.92. The number of nitro groups is 1. The monoisotopic (exact) mass is 366 g/mol. The van der Waals surface area contributed by atoms with E-state index < -0.39 is 4.92 Å². The van der Waals surface area contributed by atoms with Crippen molar-refractivity contribution < 1.29 is 9.66 Å². The summed E-state index contributed by atoms with van der Waals surface area (Å²) in [6.07, 6.45) is 1.81. The van der Waals surface area contributed by atoms with Crippen LogP contribution in [0.3, 0.4) is 0 Å². The maximum atomic E-state index is 10.7. The molecule has 0 saturated heterocycles. The molecular formula is C14H8BrClN2O3. The number of halogens is 2. The Bertz CT molecular complexity index is 847. The molecule has 0 radical (unpaired) electrons. The minimum absolute atomic E-state index is 0.0758. The third-order valence-electron chi connectivity index (χ3n) is 2.97. The first-order valence-corrected chi connectivity index (χ1v) is 7.11. The number of rotatable bonds is 3. The van der Waals surface area contributed by atoms with Gasteiger partial charge in [-0.3, -0.25) is 10.1 Å². The smallest absolute Gasteiger partial charge is 0.271 e. The number of ether oxygens (including phenoxy) is 1. The highest BCUT2D eigenvalue weighted by molar-refractivity contribution is 9.10. The molecule has 3 rings (SSSR count). The lowest BCUT2D eigenvalue weighted by molar-refractivity contribution is -0.384. The Morgan fingerprint density at radius 2 is 2.05 bits per heavy atom. The molecule has 1 N–H and O–H groups in total. The second-order valence-electron chi connectivity index (χ2n) is 4.29. The molecule has 5 nitrogen and oxygen atoms in total. The van der Waals surface area contributed by atoms with Crippen LogP contribution in [-0.2, 0) is 0 Å². The summed E-state index contributed by atoms with van der Waals surface area (Å²) >= 11 is 9.47. The molecular weight excluding hydrogens is 360 g/mol. The zero-order valence-corrected chi connectivity index (χ0v) is 12.8. The molecule has 1 heterocycles. The Labute approximate surface area is 132 Å². The van der Waals surface area contributed by atoms with Crippen molar-refractivity contribution in [1.82, 2.24) is 4.98 Å². The first-order chi connectivity index (χ1) is 10.1. The van der Waals surface area contributed by atoms with Gasteiger partial charge in [0.2, 0.25) is 0 Å². The molecule has 7 heteroatoms. The summed E-state index contributed by atoms with van der Waals surface area (Å²) in [5.41, 5.74) is 0.743. The number of H-pyrrole nitrogens is 1. The summed E-state index contributed by atoms with van der Waals surface area (Å²) in [5.74, 6) is 0.953. The predicted molar refractivity (Wildman–Crippen MR) is 84.2 cm³/mol. The Morgan fingerprint density at radius 1 is 1.24 bits per heavy atom. The van der Waals surface area contributed by atoms with Crippen LogP contribution in [0.1, 0.15) is 0 Å². The number of aromatic nitrogens is 1. The normalized spacial score (nSPS) is 10.8. The van der Waals surface area contributed by atoms with Crippen LogP contribution >= 0.6 is 27.5 Å². The number of para-hydroxylation sites is 1. The Kier molecular flexibility index (Phi) is 3.57. The fourth-order valence-corrected chi connectivity index (χ4v) is 2.64. The lowest BCUT2D eigenvalue weighted by atomic mass is 10.2. The number of non-ortho nitro benzene ring substituents is 1. The van der Waals surface area contributed by atoms with E-state index in [2.05, 4.69) is 20.9 Å². The molecule has 0 fully saturated rings. The SMILES string of the molecule is O=[N+]([O-])c1ccc(Oc2cccc3c(Br)c[nH]c23)c(Cl)c1. The molecule has 3 aromatic rings. The second-order valence-corrected chi connectivity index (χ2v) is 5.55. The van der Waals surface area contributed by atoms with E-state index in [1.165, 1.54) is 18.2 Å². The van der Waals surface area contributed by atoms with Gasteiger partial charge in [-0.05, 0) is 28.1 Å². The van der Waals surface area contributed by atoms with Crippen molar-refractivity contribution in [3.8, 4) is 11.5 Å². The van der Waals surface area contributed by atoms with E-state index in [1.807, 2.05) is 18.3 Å². The van der Waals surface area contributed by atoms with Gasteiger partial charge in [-0.25, -0.2) is 0 Å². The fraction of sp³-hybridized carbons (Fsp3) is 0. The highest BCUT2D eigenvalue weighted by atomic mass is 79.9. The number of hydrogen-bond donors (Lipinski definition) is 1. The van der Waals surface area contributed by atoms with Crippen molar-refractivity contribution in [3.63, 3.8) is 0 Å². The lowest BCUT2D eigenvalue weighted by Gasteiger charge is -2.08. The number of nitrogens with one attached hydrogen (secondary N) is 1. The van der Waals surface area contributed by atoms with E-state index in [1.54, 1.807) is 6.07 Å². The number of fused-ring (bicyclic) bond motifs is 1. The predicted octanol–water partition coefficient (Wildman–Crippen LogP) is 5.28. The molecule has 0 aliphatic rings. The van der Waals surface area contributed by atoms with Crippen LogP contribution in [0.25, 0.3) is 10.9 Å². The first-order valence-electron chi connectivity index (χ1n) is 5.93. The fourth-order valence-electron chi connectivity index (χ4n) is 1.98. The maximum Gasteiger partial charge on any atom is 0.271 e. The molecule has 0 atom stereocenters. The van der Waals surface area contributed by atoms with Crippen molar-refractivity contribution in [3.05, 3.63) is 62.2 Å². The van der Waals surface area contributed by atoms with Gasteiger partial charge in [-0.1, -0.05) is 23.7 Å². The first kappa shape index (κ1) is 13.9. The van der Waals surface area contributed by atoms with Gasteiger partial charge in [0.15, 0.2) is 5.75 Å². The van der Waals surface area contributed by atoms with Crippen molar-refractivity contribution in [2.75, 3.05) is 0 Å². The topological polar surface area (TPSA) is 68.2 Å². The highest BCUT2D eigenvalue weighted by Crippen LogP contribution is 2.36. The summed E-state index contributed by atoms with van der Waals surface area (Å²) in [6, 6.07) is 9.70. The number of aromatic amines is 1. The molecule has 106 valence electrons. The molecule has 0 aliphatic heterocycles. The molecule has 0 unspecified atom stereocenters. The van der Waals surface area contributed by atoms with Crippen molar-refractivity contribution in [2.45, 2.75) is 0 Å². The average molecular weight is 368 g/mol. The Balaban J connectivity index is 2.01. The standard InChI is InChI=1S/C14H8BrClN2O3/c15-10-7-17-14-9(10)2-1-3-13(14)21-12-5-4-8(18(19)20)6-11(12)16/h1-7,17H. The third kappa shape index (κ3) is 2.59. The lowest BCUT2D eigenvalue weighted by Crippen LogP contribution is -1.90. The van der Waals surface area contributed by atoms with Crippen molar-refractivity contribution >= 4 is 44.1 Å². The highest BCUT2D eigenvalue weighted by Gasteiger charge is 2.13. The number of nitrogens with zero attached hydrogens (tertiary/aromatic N) is 1. The summed E-state index contributed by atoms with van der Waals surface area (Å²) in [4.78, 5) is 13.3. The average Bonchev–Trinajstić information content (AvgIpc) is 2.84. The summed E-state index contributed by atoms with van der Waals surface area (Å²) < 4.78 is 6.69. The molecule has 1 aromatic heterocycles. The van der Waals surface area contributed by atoms with E-state index in [0.29, 0.717) is 11.5 Å². The molecule has 0 bridgehead atoms. The molecule has 2 aromatic carbocycles. The summed E-state index contributed by atoms with van der Waals surface area (Å²) in [5, 5.41) is 11.9. The molecule has 21 heavy (non-hydrogen) atoms. The number of nitro benzene ring substituents is 1. The molecule has 0 saturated carbocycles. The Hall–Kier alpha value is -2.05. The van der Waals surface area contributed by atoms with Crippen LogP contribution in [-0.4, -0.2) is 9.91 Å². The van der Waals surface area contributed by atoms with Crippen molar-refractivity contribution in [1.29, 1.82) is 0 Å². The quantitative estimate of drug-likeness (QED) is 0.505. The van der Waals surface area contributed by atoms with Crippen molar-refractivity contribution in [2.24, 2.45) is 0 Å². The van der Waals surface area contributed by atoms with Gasteiger partial charge >= 0.3 is 0 Å². The largest absolute Gasteiger partial charge is 0.454 e. The zero-order valence-electron chi connectivity index (χ0n) is 10.5. The van der Waals surface area contributed by atoms with Gasteiger partial charge in [0.25, 0.3) is 5.69 Å². The van der Waals surface area contributed by atoms with Gasteiger partial charge in [0.05, 0.1) is 15.5 Å². The van der Waals surface area contributed by atoms with E-state index >= 15 is 0 Å². The van der Waals surface area contributed by atoms with E-state index in [9.17, 15) is 10.1 Å². The number of hydrogen-bond acceptors (Lipinski definition) is 3. The number of benzene rings is 2. The van der Waals surface area contributed by atoms with Crippen LogP contribution in [0.2, 0.25) is 5.02 Å². The zero-order chi connectivity index (χ0) is 15.0. The van der Waals surface area contributed by atoms with Crippen LogP contribution in [0, 0.1) is 10.1 Å². The van der Waals surface area contributed by atoms with Crippen LogP contribution in [0.15, 0.2) is 47.1 Å². The van der Waals surface area contributed by atoms with Crippen LogP contribution < -0.4 is 4.74 Å². The van der Waals surface area contributed by atoms with Gasteiger partial charge in [0, 0.05) is 28.2 Å². The van der Waals surface area contributed by atoms with Gasteiger partial charge in [0.1, 0.15) is 5.75 Å². The minimum atomic E-state index is -0.502. The Morgan fingerprint density at radius 3 is 2.76 bits per heavy atom. The molecule has 0 aliphatic carbocycles. The van der Waals surface area contributed by atoms with Crippen LogP contribution in [0.5, 0.6) is 11.5 Å². The van der Waals surface area contributed by atoms with Gasteiger partial charge in [-0.15, -0.1) is 0 Å². The van der Waals surface area contributed by atoms with E-state index in [4.69, 9.17) is 16.3 Å². The maximum absolute atomic E-state index is 10.7. The second kappa shape index (κ2) is 5.38. The van der Waals surface area contributed by atoms with Crippen LogP contribution in [0.4, 0.5) is 5.69 Å². The van der Waals surface area contributed by atoms with Gasteiger partial charge < -0.3 is 9.72 Å². The van der Waals surface area contributed by atoms with E-state index in [0.717, 1.165) is 15.4 Å². The van der Waals surface area contributed by atoms with Gasteiger partial charge in [-0.2, -0.15) is 0 Å². The summed E-state index contributed by atoms with van der Waals surface area (Å²) in [7, 11) is 0. The molecule has 0 amide bonds. The minimum Gasteiger partial charge on any atom is -0.454 e. The molecule has 0 spiro atoms. The summed E-state index contributed by atoms with van der Waals surface area (Å²) in [6.45, 7) is 0. The van der Waals surface area contributed by atoms with E-state index in [-0.39, 0.29) is 10.7 Å².